The number of hydrogen-bond donors (Lipinski definition) is 2. The number of nitrogens with one attached hydrogen (secondary N) is 2. The van der Waals surface area contributed by atoms with Crippen LogP contribution in [0.5, 0.6) is 17.2 Å². The highest BCUT2D eigenvalue weighted by molar-refractivity contribution is 7.92. The second-order valence-electron chi connectivity index (χ2n) is 6.73. The lowest BCUT2D eigenvalue weighted by atomic mass is 10.2. The summed E-state index contributed by atoms with van der Waals surface area (Å²) in [4.78, 5) is 12.7. The van der Waals surface area contributed by atoms with Crippen LogP contribution in [0.3, 0.4) is 0 Å². The van der Waals surface area contributed by atoms with Crippen LogP contribution in [0.15, 0.2) is 65.6 Å². The van der Waals surface area contributed by atoms with Crippen molar-refractivity contribution in [1.82, 2.24) is 0 Å². The van der Waals surface area contributed by atoms with Gasteiger partial charge in [-0.3, -0.25) is 9.52 Å². The van der Waals surface area contributed by atoms with E-state index in [-0.39, 0.29) is 15.5 Å². The highest BCUT2D eigenvalue weighted by Gasteiger charge is 2.20. The number of carbonyl (C=O) groups is 1. The first-order chi connectivity index (χ1) is 15.8. The van der Waals surface area contributed by atoms with E-state index in [0.717, 1.165) is 0 Å². The third-order valence-corrected chi connectivity index (χ3v) is 6.26. The number of amides is 1. The van der Waals surface area contributed by atoms with E-state index in [9.17, 15) is 13.2 Å². The third kappa shape index (κ3) is 5.88. The van der Waals surface area contributed by atoms with Crippen LogP contribution in [0.4, 0.5) is 11.4 Å². The molecule has 174 valence electrons. The van der Waals surface area contributed by atoms with Crippen LogP contribution < -0.4 is 24.2 Å². The van der Waals surface area contributed by atoms with Crippen LogP contribution >= 0.6 is 11.6 Å². The van der Waals surface area contributed by atoms with Crippen molar-refractivity contribution in [3.8, 4) is 17.2 Å². The zero-order valence-electron chi connectivity index (χ0n) is 18.2. The summed E-state index contributed by atoms with van der Waals surface area (Å²) in [6.07, 6.45) is 0. The second kappa shape index (κ2) is 10.5. The standard InChI is InChI=1S/C23H23ClN2O6S/c1-4-32-17-8-5-15(6-9-17)26-33(28,29)18-10-11-20(24)19(14-18)23(27)25-16-7-12-21(30-2)22(13-16)31-3/h5-14,26H,4H2,1-3H3,(H,25,27). The molecule has 10 heteroatoms. The van der Waals surface area contributed by atoms with Crippen LogP contribution in [-0.4, -0.2) is 35.2 Å². The summed E-state index contributed by atoms with van der Waals surface area (Å²) in [5.74, 6) is 0.977. The molecule has 3 aromatic carbocycles. The maximum Gasteiger partial charge on any atom is 0.261 e. The lowest BCUT2D eigenvalue weighted by Crippen LogP contribution is -2.16. The predicted octanol–water partition coefficient (Wildman–Crippen LogP) is 4.81. The molecular formula is C23H23ClN2O6S. The van der Waals surface area contributed by atoms with Crippen molar-refractivity contribution in [2.24, 2.45) is 0 Å². The third-order valence-electron chi connectivity index (χ3n) is 4.55. The summed E-state index contributed by atoms with van der Waals surface area (Å²) in [5, 5.41) is 2.79. The Bertz CT molecular complexity index is 1250. The summed E-state index contributed by atoms with van der Waals surface area (Å²) >= 11 is 6.19. The zero-order chi connectivity index (χ0) is 24.0. The topological polar surface area (TPSA) is 103 Å². The van der Waals surface area contributed by atoms with Crippen molar-refractivity contribution < 1.29 is 27.4 Å². The summed E-state index contributed by atoms with van der Waals surface area (Å²) < 4.78 is 44.0. The van der Waals surface area contributed by atoms with Gasteiger partial charge in [0.15, 0.2) is 11.5 Å². The van der Waals surface area contributed by atoms with Crippen LogP contribution in [0, 0.1) is 0 Å². The molecule has 0 radical (unpaired) electrons. The largest absolute Gasteiger partial charge is 0.494 e. The van der Waals surface area contributed by atoms with Gasteiger partial charge in [0.05, 0.1) is 36.3 Å². The smallest absolute Gasteiger partial charge is 0.261 e. The van der Waals surface area contributed by atoms with E-state index >= 15 is 0 Å². The van der Waals surface area contributed by atoms with Crippen molar-refractivity contribution >= 4 is 38.9 Å². The molecule has 0 fully saturated rings. The number of anilines is 2. The highest BCUT2D eigenvalue weighted by atomic mass is 35.5. The molecule has 0 bridgehead atoms. The molecule has 3 rings (SSSR count). The Morgan fingerprint density at radius 2 is 1.58 bits per heavy atom. The van der Waals surface area contributed by atoms with Crippen LogP contribution in [-0.2, 0) is 10.0 Å². The Morgan fingerprint density at radius 3 is 2.21 bits per heavy atom. The molecule has 2 N–H and O–H groups in total. The molecular weight excluding hydrogens is 468 g/mol. The molecule has 0 unspecified atom stereocenters. The number of carbonyl (C=O) groups excluding carboxylic acids is 1. The average molecular weight is 491 g/mol. The number of rotatable bonds is 9. The number of hydrogen-bond acceptors (Lipinski definition) is 6. The molecule has 1 amide bonds. The molecule has 0 heterocycles. The van der Waals surface area contributed by atoms with E-state index in [1.807, 2.05) is 6.92 Å². The zero-order valence-corrected chi connectivity index (χ0v) is 19.8. The molecule has 8 nitrogen and oxygen atoms in total. The first kappa shape index (κ1) is 24.2. The van der Waals surface area contributed by atoms with E-state index < -0.39 is 15.9 Å². The minimum absolute atomic E-state index is 0.000945. The highest BCUT2D eigenvalue weighted by Crippen LogP contribution is 2.30. The lowest BCUT2D eigenvalue weighted by Gasteiger charge is -2.13. The number of methoxy groups -OCH3 is 2. The maximum atomic E-state index is 12.9. The van der Waals surface area contributed by atoms with E-state index in [1.54, 1.807) is 42.5 Å². The fourth-order valence-electron chi connectivity index (χ4n) is 2.96. The van der Waals surface area contributed by atoms with E-state index in [4.69, 9.17) is 25.8 Å². The Labute approximate surface area is 197 Å². The van der Waals surface area contributed by atoms with Gasteiger partial charge in [0.2, 0.25) is 0 Å². The van der Waals surface area contributed by atoms with Gasteiger partial charge in [-0.05, 0) is 61.5 Å². The maximum absolute atomic E-state index is 12.9. The van der Waals surface area contributed by atoms with Gasteiger partial charge in [0, 0.05) is 17.4 Å². The number of halogens is 1. The summed E-state index contributed by atoms with van der Waals surface area (Å²) in [6, 6.07) is 15.2. The van der Waals surface area contributed by atoms with Gasteiger partial charge >= 0.3 is 0 Å². The van der Waals surface area contributed by atoms with E-state index in [2.05, 4.69) is 10.0 Å². The van der Waals surface area contributed by atoms with Crippen molar-refractivity contribution in [1.29, 1.82) is 0 Å². The monoisotopic (exact) mass is 490 g/mol. The van der Waals surface area contributed by atoms with Crippen molar-refractivity contribution in [2.75, 3.05) is 30.9 Å². The van der Waals surface area contributed by atoms with Gasteiger partial charge in [0.25, 0.3) is 15.9 Å². The molecule has 0 aliphatic heterocycles. The molecule has 33 heavy (non-hydrogen) atoms. The summed E-state index contributed by atoms with van der Waals surface area (Å²) in [6.45, 7) is 2.36. The Kier molecular flexibility index (Phi) is 7.67. The Hall–Kier alpha value is -3.43. The van der Waals surface area contributed by atoms with Gasteiger partial charge in [-0.25, -0.2) is 8.42 Å². The Balaban J connectivity index is 1.82. The van der Waals surface area contributed by atoms with Gasteiger partial charge < -0.3 is 19.5 Å². The van der Waals surface area contributed by atoms with Gasteiger partial charge in [-0.15, -0.1) is 0 Å². The predicted molar refractivity (Wildman–Crippen MR) is 127 cm³/mol. The fourth-order valence-corrected chi connectivity index (χ4v) is 4.25. The molecule has 3 aromatic rings. The summed E-state index contributed by atoms with van der Waals surface area (Å²) in [7, 11) is -0.988. The number of benzene rings is 3. The number of sulfonamides is 1. The normalized spacial score (nSPS) is 10.9. The molecule has 0 atom stereocenters. The Morgan fingerprint density at radius 1 is 0.909 bits per heavy atom. The van der Waals surface area contributed by atoms with Crippen molar-refractivity contribution in [3.63, 3.8) is 0 Å². The van der Waals surface area contributed by atoms with Gasteiger partial charge in [-0.1, -0.05) is 11.6 Å². The van der Waals surface area contributed by atoms with Crippen LogP contribution in [0.1, 0.15) is 17.3 Å². The van der Waals surface area contributed by atoms with Crippen molar-refractivity contribution in [2.45, 2.75) is 11.8 Å². The molecule has 0 aliphatic carbocycles. The SMILES string of the molecule is CCOc1ccc(NS(=O)(=O)c2ccc(Cl)c(C(=O)Nc3ccc(OC)c(OC)c3)c2)cc1. The first-order valence-electron chi connectivity index (χ1n) is 9.86. The minimum Gasteiger partial charge on any atom is -0.494 e. The van der Waals surface area contributed by atoms with Gasteiger partial charge in [0.1, 0.15) is 5.75 Å². The second-order valence-corrected chi connectivity index (χ2v) is 8.82. The van der Waals surface area contributed by atoms with Gasteiger partial charge in [-0.2, -0.15) is 0 Å². The molecule has 0 aromatic heterocycles. The molecule has 0 saturated heterocycles. The number of ether oxygens (including phenoxy) is 3. The average Bonchev–Trinajstić information content (AvgIpc) is 2.80. The quantitative estimate of drug-likeness (QED) is 0.446. The lowest BCUT2D eigenvalue weighted by molar-refractivity contribution is 0.102. The summed E-state index contributed by atoms with van der Waals surface area (Å²) in [5.41, 5.74) is 0.778. The van der Waals surface area contributed by atoms with E-state index in [1.165, 1.54) is 32.4 Å². The van der Waals surface area contributed by atoms with E-state index in [0.29, 0.717) is 35.2 Å². The fraction of sp³-hybridized carbons (Fsp3) is 0.174. The molecule has 0 saturated carbocycles. The first-order valence-corrected chi connectivity index (χ1v) is 11.7. The van der Waals surface area contributed by atoms with Crippen LogP contribution in [0.2, 0.25) is 5.02 Å². The molecule has 0 spiro atoms. The van der Waals surface area contributed by atoms with Crippen LogP contribution in [0.25, 0.3) is 0 Å². The van der Waals surface area contributed by atoms with Crippen molar-refractivity contribution in [3.05, 3.63) is 71.2 Å². The minimum atomic E-state index is -3.97. The molecule has 0 aliphatic rings.